The topological polar surface area (TPSA) is 58.6 Å². The van der Waals surface area contributed by atoms with Crippen molar-refractivity contribution < 1.29 is 14.3 Å². The smallest absolute Gasteiger partial charge is 0.262 e. The molecule has 1 heterocycles. The third-order valence-electron chi connectivity index (χ3n) is 4.54. The number of nitrogens with zero attached hydrogens (tertiary/aromatic N) is 1. The Morgan fingerprint density at radius 2 is 1.75 bits per heavy atom. The molecule has 2 aromatic rings. The van der Waals surface area contributed by atoms with Crippen molar-refractivity contribution in [2.75, 3.05) is 25.0 Å². The SMILES string of the molecule is O=C(COc1ccc(Br)cc1Br)Nc1cccc(C(=O)N2CCCCCC2)c1. The molecule has 0 saturated carbocycles. The van der Waals surface area contributed by atoms with Crippen molar-refractivity contribution in [3.63, 3.8) is 0 Å². The number of benzene rings is 2. The third-order valence-corrected chi connectivity index (χ3v) is 5.65. The maximum absolute atomic E-state index is 12.7. The molecule has 0 atom stereocenters. The fourth-order valence-electron chi connectivity index (χ4n) is 3.12. The molecule has 7 heteroatoms. The maximum Gasteiger partial charge on any atom is 0.262 e. The first-order valence-electron chi connectivity index (χ1n) is 9.30. The van der Waals surface area contributed by atoms with E-state index in [1.807, 2.05) is 17.0 Å². The first kappa shape index (κ1) is 20.9. The van der Waals surface area contributed by atoms with Gasteiger partial charge in [-0.05, 0) is 65.2 Å². The van der Waals surface area contributed by atoms with E-state index in [2.05, 4.69) is 37.2 Å². The number of ether oxygens (including phenoxy) is 1. The Hall–Kier alpha value is -1.86. The molecule has 0 spiro atoms. The summed E-state index contributed by atoms with van der Waals surface area (Å²) >= 11 is 6.78. The molecule has 1 saturated heterocycles. The van der Waals surface area contributed by atoms with Gasteiger partial charge in [0.2, 0.25) is 0 Å². The molecule has 1 aliphatic rings. The zero-order valence-corrected chi connectivity index (χ0v) is 18.6. The Balaban J connectivity index is 1.58. The monoisotopic (exact) mass is 508 g/mol. The Kier molecular flexibility index (Phi) is 7.50. The van der Waals surface area contributed by atoms with Crippen LogP contribution in [-0.2, 0) is 4.79 Å². The van der Waals surface area contributed by atoms with Gasteiger partial charge in [-0.3, -0.25) is 9.59 Å². The molecule has 3 rings (SSSR count). The predicted molar refractivity (Wildman–Crippen MR) is 117 cm³/mol. The lowest BCUT2D eigenvalue weighted by atomic mass is 10.1. The Morgan fingerprint density at radius 1 is 1.00 bits per heavy atom. The molecule has 0 aromatic heterocycles. The van der Waals surface area contributed by atoms with Crippen LogP contribution in [0.2, 0.25) is 0 Å². The first-order chi connectivity index (χ1) is 13.5. The summed E-state index contributed by atoms with van der Waals surface area (Å²) in [4.78, 5) is 26.9. The molecular formula is C21H22Br2N2O3. The van der Waals surface area contributed by atoms with Gasteiger partial charge in [0.25, 0.3) is 11.8 Å². The second-order valence-electron chi connectivity index (χ2n) is 6.70. The van der Waals surface area contributed by atoms with E-state index < -0.39 is 0 Å². The first-order valence-corrected chi connectivity index (χ1v) is 10.9. The van der Waals surface area contributed by atoms with Crippen LogP contribution in [0.25, 0.3) is 0 Å². The number of hydrogen-bond donors (Lipinski definition) is 1. The number of nitrogens with one attached hydrogen (secondary N) is 1. The van der Waals surface area contributed by atoms with Crippen molar-refractivity contribution in [2.45, 2.75) is 25.7 Å². The van der Waals surface area contributed by atoms with Gasteiger partial charge in [0.05, 0.1) is 4.47 Å². The van der Waals surface area contributed by atoms with Gasteiger partial charge in [-0.1, -0.05) is 34.8 Å². The van der Waals surface area contributed by atoms with E-state index >= 15 is 0 Å². The highest BCUT2D eigenvalue weighted by Gasteiger charge is 2.17. The van der Waals surface area contributed by atoms with Crippen molar-refractivity contribution in [1.82, 2.24) is 4.90 Å². The summed E-state index contributed by atoms with van der Waals surface area (Å²) in [7, 11) is 0. The van der Waals surface area contributed by atoms with Crippen LogP contribution in [0.4, 0.5) is 5.69 Å². The standard InChI is InChI=1S/C21H22Br2N2O3/c22-16-8-9-19(18(23)13-16)28-14-20(26)24-17-7-5-6-15(12-17)21(27)25-10-3-1-2-4-11-25/h5-9,12-13H,1-4,10-11,14H2,(H,24,26). The van der Waals surface area contributed by atoms with Crippen molar-refractivity contribution in [3.05, 3.63) is 57.0 Å². The molecule has 28 heavy (non-hydrogen) atoms. The molecule has 0 aliphatic carbocycles. The lowest BCUT2D eigenvalue weighted by molar-refractivity contribution is -0.118. The molecule has 2 aromatic carbocycles. The number of likely N-dealkylation sites (tertiary alicyclic amines) is 1. The van der Waals surface area contributed by atoms with Crippen LogP contribution < -0.4 is 10.1 Å². The Morgan fingerprint density at radius 3 is 2.46 bits per heavy atom. The summed E-state index contributed by atoms with van der Waals surface area (Å²) in [5, 5.41) is 2.79. The summed E-state index contributed by atoms with van der Waals surface area (Å²) in [6.45, 7) is 1.47. The number of hydrogen-bond acceptors (Lipinski definition) is 3. The van der Waals surface area contributed by atoms with Crippen molar-refractivity contribution >= 4 is 49.4 Å². The highest BCUT2D eigenvalue weighted by Crippen LogP contribution is 2.28. The van der Waals surface area contributed by atoms with Crippen molar-refractivity contribution in [2.24, 2.45) is 0 Å². The summed E-state index contributed by atoms with van der Waals surface area (Å²) in [6, 6.07) is 12.5. The fraction of sp³-hybridized carbons (Fsp3) is 0.333. The van der Waals surface area contributed by atoms with E-state index in [9.17, 15) is 9.59 Å². The van der Waals surface area contributed by atoms with Crippen LogP contribution in [0.15, 0.2) is 51.4 Å². The van der Waals surface area contributed by atoms with E-state index in [0.29, 0.717) is 17.0 Å². The molecule has 5 nitrogen and oxygen atoms in total. The zero-order chi connectivity index (χ0) is 19.9. The minimum absolute atomic E-state index is 0.0213. The summed E-state index contributed by atoms with van der Waals surface area (Å²) in [6.07, 6.45) is 4.44. The molecule has 1 fully saturated rings. The fourth-order valence-corrected chi connectivity index (χ4v) is 4.28. The highest BCUT2D eigenvalue weighted by atomic mass is 79.9. The lowest BCUT2D eigenvalue weighted by Gasteiger charge is -2.20. The van der Waals surface area contributed by atoms with Crippen LogP contribution in [0.1, 0.15) is 36.0 Å². The maximum atomic E-state index is 12.7. The highest BCUT2D eigenvalue weighted by molar-refractivity contribution is 9.11. The van der Waals surface area contributed by atoms with E-state index in [-0.39, 0.29) is 18.4 Å². The molecule has 1 aliphatic heterocycles. The molecule has 0 radical (unpaired) electrons. The molecule has 2 amide bonds. The van der Waals surface area contributed by atoms with Crippen LogP contribution in [0, 0.1) is 0 Å². The van der Waals surface area contributed by atoms with Gasteiger partial charge in [-0.25, -0.2) is 0 Å². The predicted octanol–water partition coefficient (Wildman–Crippen LogP) is 5.25. The number of carbonyl (C=O) groups excluding carboxylic acids is 2. The largest absolute Gasteiger partial charge is 0.483 e. The van der Waals surface area contributed by atoms with Gasteiger partial charge in [-0.2, -0.15) is 0 Å². The van der Waals surface area contributed by atoms with Crippen LogP contribution in [0.3, 0.4) is 0 Å². The van der Waals surface area contributed by atoms with Gasteiger partial charge < -0.3 is 15.0 Å². The third kappa shape index (κ3) is 5.82. The second-order valence-corrected chi connectivity index (χ2v) is 8.47. The number of carbonyl (C=O) groups is 2. The molecule has 0 unspecified atom stereocenters. The summed E-state index contributed by atoms with van der Waals surface area (Å²) in [5.74, 6) is 0.325. The van der Waals surface area contributed by atoms with Crippen molar-refractivity contribution in [1.29, 1.82) is 0 Å². The van der Waals surface area contributed by atoms with Gasteiger partial charge >= 0.3 is 0 Å². The Bertz CT molecular complexity index is 849. The van der Waals surface area contributed by atoms with E-state index in [0.717, 1.165) is 34.9 Å². The average Bonchev–Trinajstić information content (AvgIpc) is 2.96. The van der Waals surface area contributed by atoms with E-state index in [4.69, 9.17) is 4.74 Å². The minimum atomic E-state index is -0.283. The van der Waals surface area contributed by atoms with Gasteiger partial charge in [0.15, 0.2) is 6.61 Å². The van der Waals surface area contributed by atoms with E-state index in [1.54, 1.807) is 30.3 Å². The number of anilines is 1. The van der Waals surface area contributed by atoms with Gasteiger partial charge in [0, 0.05) is 28.8 Å². The molecular weight excluding hydrogens is 488 g/mol. The van der Waals surface area contributed by atoms with Gasteiger partial charge in [-0.15, -0.1) is 0 Å². The number of rotatable bonds is 5. The average molecular weight is 510 g/mol. The second kappa shape index (κ2) is 10.1. The number of halogens is 2. The quantitative estimate of drug-likeness (QED) is 0.599. The molecule has 0 bridgehead atoms. The lowest BCUT2D eigenvalue weighted by Crippen LogP contribution is -2.31. The minimum Gasteiger partial charge on any atom is -0.483 e. The Labute approximate surface area is 181 Å². The number of amides is 2. The normalized spacial score (nSPS) is 14.3. The summed E-state index contributed by atoms with van der Waals surface area (Å²) < 4.78 is 7.24. The van der Waals surface area contributed by atoms with Crippen LogP contribution in [-0.4, -0.2) is 36.4 Å². The molecule has 148 valence electrons. The van der Waals surface area contributed by atoms with Gasteiger partial charge in [0.1, 0.15) is 5.75 Å². The van der Waals surface area contributed by atoms with Crippen LogP contribution in [0.5, 0.6) is 5.75 Å². The summed E-state index contributed by atoms with van der Waals surface area (Å²) in [5.41, 5.74) is 1.18. The molecule has 1 N–H and O–H groups in total. The van der Waals surface area contributed by atoms with Crippen molar-refractivity contribution in [3.8, 4) is 5.75 Å². The van der Waals surface area contributed by atoms with E-state index in [1.165, 1.54) is 12.8 Å². The zero-order valence-electron chi connectivity index (χ0n) is 15.4. The van der Waals surface area contributed by atoms with Crippen LogP contribution >= 0.6 is 31.9 Å².